The Kier molecular flexibility index (Phi) is 4.17. The quantitative estimate of drug-likeness (QED) is 0.799. The zero-order valence-corrected chi connectivity index (χ0v) is 15.0. The van der Waals surface area contributed by atoms with E-state index >= 15 is 0 Å². The van der Waals surface area contributed by atoms with E-state index < -0.39 is 0 Å². The third-order valence-electron chi connectivity index (χ3n) is 5.09. The van der Waals surface area contributed by atoms with E-state index in [0.717, 1.165) is 38.0 Å². The van der Waals surface area contributed by atoms with Gasteiger partial charge in [-0.15, -0.1) is 0 Å². The number of aromatic nitrogens is 4. The Bertz CT molecular complexity index is 853. The van der Waals surface area contributed by atoms with Crippen LogP contribution in [0.4, 0.5) is 11.8 Å². The zero-order valence-electron chi connectivity index (χ0n) is 15.0. The smallest absolute Gasteiger partial charge is 0.225 e. The molecule has 2 aromatic heterocycles. The second kappa shape index (κ2) is 6.50. The van der Waals surface area contributed by atoms with Crippen LogP contribution in [-0.2, 0) is 16.8 Å². The lowest BCUT2D eigenvalue weighted by Crippen LogP contribution is -2.47. The second-order valence-electron chi connectivity index (χ2n) is 6.86. The molecule has 0 unspecified atom stereocenters. The van der Waals surface area contributed by atoms with Crippen molar-refractivity contribution in [3.63, 3.8) is 0 Å². The van der Waals surface area contributed by atoms with Gasteiger partial charge < -0.3 is 14.5 Å². The minimum Gasteiger partial charge on any atom is -0.368 e. The van der Waals surface area contributed by atoms with Crippen LogP contribution in [0.25, 0.3) is 0 Å². The molecule has 2 aromatic rings. The third kappa shape index (κ3) is 2.74. The predicted molar refractivity (Wildman–Crippen MR) is 95.9 cm³/mol. The van der Waals surface area contributed by atoms with Crippen molar-refractivity contribution in [2.75, 3.05) is 43.6 Å². The number of piperidine rings is 1. The van der Waals surface area contributed by atoms with Gasteiger partial charge >= 0.3 is 0 Å². The van der Waals surface area contributed by atoms with E-state index in [4.69, 9.17) is 9.72 Å². The summed E-state index contributed by atoms with van der Waals surface area (Å²) >= 11 is 0. The van der Waals surface area contributed by atoms with Crippen molar-refractivity contribution in [1.29, 1.82) is 5.26 Å². The van der Waals surface area contributed by atoms with Crippen LogP contribution in [-0.4, -0.2) is 53.7 Å². The normalized spacial score (nSPS) is 18.3. The van der Waals surface area contributed by atoms with E-state index in [2.05, 4.69) is 25.9 Å². The van der Waals surface area contributed by atoms with E-state index in [1.54, 1.807) is 12.4 Å². The highest BCUT2D eigenvalue weighted by atomic mass is 16.5. The summed E-state index contributed by atoms with van der Waals surface area (Å²) in [6, 6.07) is 2.13. The Morgan fingerprint density at radius 1 is 1.19 bits per heavy atom. The number of nitriles is 1. The van der Waals surface area contributed by atoms with Gasteiger partial charge in [-0.3, -0.25) is 0 Å². The Morgan fingerprint density at radius 3 is 2.69 bits per heavy atom. The molecule has 0 atom stereocenters. The number of hydrogen-bond donors (Lipinski definition) is 0. The maximum atomic E-state index is 9.28. The number of hydrogen-bond acceptors (Lipinski definition) is 8. The number of anilines is 2. The standard InChI is InChI=1S/C18H21N7O/c1-24(2)17-22-12-13-3-10-26-18(15(13)23-17)4-8-25(9-5-18)16-14(11-19)20-6-7-21-16/h6-7,12H,3-5,8-10H2,1-2H3. The number of nitrogens with zero attached hydrogens (tertiary/aromatic N) is 7. The van der Waals surface area contributed by atoms with Gasteiger partial charge in [0, 0.05) is 45.8 Å². The molecule has 1 spiro atoms. The fourth-order valence-corrected chi connectivity index (χ4v) is 3.72. The summed E-state index contributed by atoms with van der Waals surface area (Å²) in [6.45, 7) is 2.18. The monoisotopic (exact) mass is 351 g/mol. The number of fused-ring (bicyclic) bond motifs is 2. The van der Waals surface area contributed by atoms with Crippen molar-refractivity contribution in [3.8, 4) is 6.07 Å². The minimum atomic E-state index is -0.382. The molecule has 134 valence electrons. The molecule has 8 nitrogen and oxygen atoms in total. The molecule has 0 aromatic carbocycles. The van der Waals surface area contributed by atoms with Crippen LogP contribution in [0, 0.1) is 11.3 Å². The molecule has 0 bridgehead atoms. The van der Waals surface area contributed by atoms with Crippen molar-refractivity contribution >= 4 is 11.8 Å². The average Bonchev–Trinajstić information content (AvgIpc) is 2.68. The van der Waals surface area contributed by atoms with Crippen molar-refractivity contribution in [2.45, 2.75) is 24.9 Å². The third-order valence-corrected chi connectivity index (χ3v) is 5.09. The first-order valence-electron chi connectivity index (χ1n) is 8.77. The molecule has 0 radical (unpaired) electrons. The van der Waals surface area contributed by atoms with Gasteiger partial charge in [-0.25, -0.2) is 19.9 Å². The lowest BCUT2D eigenvalue weighted by Gasteiger charge is -2.44. The summed E-state index contributed by atoms with van der Waals surface area (Å²) in [6.07, 6.45) is 7.55. The molecule has 2 aliphatic rings. The molecule has 1 fully saturated rings. The van der Waals surface area contributed by atoms with E-state index in [1.807, 2.05) is 25.2 Å². The Hall–Kier alpha value is -2.79. The second-order valence-corrected chi connectivity index (χ2v) is 6.86. The molecule has 0 N–H and O–H groups in total. The van der Waals surface area contributed by atoms with E-state index in [0.29, 0.717) is 24.1 Å². The van der Waals surface area contributed by atoms with E-state index in [1.165, 1.54) is 5.56 Å². The van der Waals surface area contributed by atoms with Gasteiger partial charge in [0.25, 0.3) is 0 Å². The Balaban J connectivity index is 1.62. The Morgan fingerprint density at radius 2 is 1.96 bits per heavy atom. The van der Waals surface area contributed by atoms with Gasteiger partial charge in [-0.2, -0.15) is 5.26 Å². The van der Waals surface area contributed by atoms with Crippen molar-refractivity contribution in [3.05, 3.63) is 35.5 Å². The minimum absolute atomic E-state index is 0.366. The van der Waals surface area contributed by atoms with Crippen molar-refractivity contribution in [1.82, 2.24) is 19.9 Å². The summed E-state index contributed by atoms with van der Waals surface area (Å²) in [5, 5.41) is 9.28. The van der Waals surface area contributed by atoms with Crippen LogP contribution in [0.1, 0.15) is 29.8 Å². The van der Waals surface area contributed by atoms with Crippen molar-refractivity contribution in [2.24, 2.45) is 0 Å². The number of ether oxygens (including phenoxy) is 1. The molecular weight excluding hydrogens is 330 g/mol. The molecule has 2 aliphatic heterocycles. The first kappa shape index (κ1) is 16.7. The zero-order chi connectivity index (χ0) is 18.1. The first-order valence-corrected chi connectivity index (χ1v) is 8.77. The van der Waals surface area contributed by atoms with Gasteiger partial charge in [0.15, 0.2) is 11.5 Å². The Labute approximate surface area is 152 Å². The molecule has 4 rings (SSSR count). The molecule has 1 saturated heterocycles. The van der Waals surface area contributed by atoms with Crippen LogP contribution in [0.2, 0.25) is 0 Å². The SMILES string of the molecule is CN(C)c1ncc2c(n1)C1(CCN(c3nccnc3C#N)CC1)OCC2. The van der Waals surface area contributed by atoms with E-state index in [-0.39, 0.29) is 5.60 Å². The van der Waals surface area contributed by atoms with Gasteiger partial charge in [0.2, 0.25) is 5.95 Å². The van der Waals surface area contributed by atoms with Crippen molar-refractivity contribution < 1.29 is 4.74 Å². The van der Waals surface area contributed by atoms with Crippen LogP contribution in [0.15, 0.2) is 18.6 Å². The largest absolute Gasteiger partial charge is 0.368 e. The summed E-state index contributed by atoms with van der Waals surface area (Å²) in [4.78, 5) is 21.8. The summed E-state index contributed by atoms with van der Waals surface area (Å²) in [5.74, 6) is 1.36. The highest BCUT2D eigenvalue weighted by Gasteiger charge is 2.43. The van der Waals surface area contributed by atoms with Crippen LogP contribution in [0.5, 0.6) is 0 Å². The van der Waals surface area contributed by atoms with Crippen LogP contribution < -0.4 is 9.80 Å². The van der Waals surface area contributed by atoms with Gasteiger partial charge in [0.05, 0.1) is 12.3 Å². The molecule has 8 heteroatoms. The highest BCUT2D eigenvalue weighted by Crippen LogP contribution is 2.41. The summed E-state index contributed by atoms with van der Waals surface area (Å²) in [5.41, 5.74) is 2.17. The fraction of sp³-hybridized carbons (Fsp3) is 0.500. The predicted octanol–water partition coefficient (Wildman–Crippen LogP) is 1.27. The average molecular weight is 351 g/mol. The lowest BCUT2D eigenvalue weighted by atomic mass is 9.83. The number of rotatable bonds is 2. The molecule has 4 heterocycles. The summed E-state index contributed by atoms with van der Waals surface area (Å²) < 4.78 is 6.27. The maximum absolute atomic E-state index is 9.28. The van der Waals surface area contributed by atoms with Gasteiger partial charge in [-0.1, -0.05) is 0 Å². The lowest BCUT2D eigenvalue weighted by molar-refractivity contribution is -0.0801. The molecule has 0 amide bonds. The molecular formula is C18H21N7O. The fourth-order valence-electron chi connectivity index (χ4n) is 3.72. The highest BCUT2D eigenvalue weighted by molar-refractivity contribution is 5.50. The molecule has 26 heavy (non-hydrogen) atoms. The van der Waals surface area contributed by atoms with Crippen LogP contribution >= 0.6 is 0 Å². The maximum Gasteiger partial charge on any atom is 0.225 e. The van der Waals surface area contributed by atoms with Gasteiger partial charge in [0.1, 0.15) is 11.7 Å². The summed E-state index contributed by atoms with van der Waals surface area (Å²) in [7, 11) is 3.89. The van der Waals surface area contributed by atoms with Crippen LogP contribution in [0.3, 0.4) is 0 Å². The van der Waals surface area contributed by atoms with Gasteiger partial charge in [-0.05, 0) is 24.8 Å². The first-order chi connectivity index (χ1) is 12.6. The molecule has 0 saturated carbocycles. The topological polar surface area (TPSA) is 91.1 Å². The van der Waals surface area contributed by atoms with E-state index in [9.17, 15) is 5.26 Å². The molecule has 0 aliphatic carbocycles.